The summed E-state index contributed by atoms with van der Waals surface area (Å²) in [4.78, 5) is 16.2. The molecule has 0 amide bonds. The topological polar surface area (TPSA) is 81.5 Å². The Morgan fingerprint density at radius 3 is 2.85 bits per heavy atom. The van der Waals surface area contributed by atoms with Gasteiger partial charge in [-0.2, -0.15) is 0 Å². The molecule has 4 aromatic rings. The van der Waals surface area contributed by atoms with Crippen LogP contribution >= 0.6 is 0 Å². The third-order valence-electron chi connectivity index (χ3n) is 3.79. The highest BCUT2D eigenvalue weighted by molar-refractivity contribution is 5.90. The number of benzene rings is 1. The number of pyridine rings is 1. The van der Waals surface area contributed by atoms with Crippen LogP contribution < -0.4 is 0 Å². The third kappa shape index (κ3) is 2.86. The van der Waals surface area contributed by atoms with Crippen LogP contribution in [0.3, 0.4) is 0 Å². The number of furan rings is 1. The van der Waals surface area contributed by atoms with Gasteiger partial charge in [-0.15, -0.1) is 10.2 Å². The van der Waals surface area contributed by atoms with Gasteiger partial charge in [0.1, 0.15) is 5.65 Å². The molecule has 0 saturated heterocycles. The van der Waals surface area contributed by atoms with Crippen molar-refractivity contribution in [2.75, 3.05) is 7.11 Å². The molecule has 0 fully saturated rings. The number of carbonyl (C=O) groups excluding carboxylic acids is 1. The van der Waals surface area contributed by atoms with Gasteiger partial charge < -0.3 is 9.15 Å². The van der Waals surface area contributed by atoms with Crippen molar-refractivity contribution in [1.29, 1.82) is 0 Å². The van der Waals surface area contributed by atoms with E-state index in [1.807, 2.05) is 34.9 Å². The lowest BCUT2D eigenvalue weighted by molar-refractivity contribution is 0.0601. The van der Waals surface area contributed by atoms with E-state index in [0.29, 0.717) is 28.5 Å². The molecule has 0 atom stereocenters. The first-order valence-corrected chi connectivity index (χ1v) is 7.87. The summed E-state index contributed by atoms with van der Waals surface area (Å²) >= 11 is 0. The summed E-state index contributed by atoms with van der Waals surface area (Å²) in [7, 11) is 1.34. The average Bonchev–Trinajstić information content (AvgIpc) is 3.33. The van der Waals surface area contributed by atoms with Crippen LogP contribution in [0.2, 0.25) is 0 Å². The van der Waals surface area contributed by atoms with Gasteiger partial charge in [0.05, 0.1) is 24.6 Å². The molecule has 7 nitrogen and oxygen atoms in total. The zero-order chi connectivity index (χ0) is 17.9. The number of aromatic nitrogens is 2. The molecule has 0 aliphatic carbocycles. The largest absolute Gasteiger partial charge is 0.465 e. The molecule has 3 aromatic heterocycles. The molecule has 0 aliphatic rings. The molecular formula is C19H14N4O3. The van der Waals surface area contributed by atoms with Crippen LogP contribution in [0.5, 0.6) is 0 Å². The number of ether oxygens (including phenoxy) is 1. The van der Waals surface area contributed by atoms with E-state index in [4.69, 9.17) is 9.15 Å². The molecule has 0 N–H and O–H groups in total. The van der Waals surface area contributed by atoms with E-state index in [-0.39, 0.29) is 0 Å². The van der Waals surface area contributed by atoms with E-state index in [1.165, 1.54) is 7.11 Å². The van der Waals surface area contributed by atoms with E-state index in [1.54, 1.807) is 36.6 Å². The SMILES string of the molecule is COC(=O)c1cccc(N=Nc2c(-c3ccco3)nc3ccccn23)c1. The van der Waals surface area contributed by atoms with E-state index in [2.05, 4.69) is 15.2 Å². The fourth-order valence-corrected chi connectivity index (χ4v) is 2.58. The minimum atomic E-state index is -0.423. The standard InChI is InChI=1S/C19H14N4O3/c1-25-19(24)13-6-4-7-14(12-13)21-22-18-17(15-8-5-11-26-15)20-16-9-2-3-10-23(16)18/h2-12H,1H3. The molecule has 26 heavy (non-hydrogen) atoms. The lowest BCUT2D eigenvalue weighted by atomic mass is 10.2. The second-order valence-electron chi connectivity index (χ2n) is 5.43. The van der Waals surface area contributed by atoms with Crippen LogP contribution in [-0.4, -0.2) is 22.5 Å². The maximum absolute atomic E-state index is 11.7. The second-order valence-corrected chi connectivity index (χ2v) is 5.43. The summed E-state index contributed by atoms with van der Waals surface area (Å²) in [5.74, 6) is 0.720. The molecule has 128 valence electrons. The second kappa shape index (κ2) is 6.64. The monoisotopic (exact) mass is 346 g/mol. The zero-order valence-corrected chi connectivity index (χ0v) is 13.9. The predicted octanol–water partition coefficient (Wildman–Crippen LogP) is 4.80. The molecule has 0 aliphatic heterocycles. The van der Waals surface area contributed by atoms with Crippen LogP contribution in [0.4, 0.5) is 11.5 Å². The summed E-state index contributed by atoms with van der Waals surface area (Å²) in [6, 6.07) is 16.0. The smallest absolute Gasteiger partial charge is 0.337 e. The molecule has 7 heteroatoms. The molecule has 0 bridgehead atoms. The number of nitrogens with zero attached hydrogens (tertiary/aromatic N) is 4. The Morgan fingerprint density at radius 1 is 1.12 bits per heavy atom. The number of fused-ring (bicyclic) bond motifs is 1. The van der Waals surface area contributed by atoms with Gasteiger partial charge in [-0.3, -0.25) is 4.40 Å². The summed E-state index contributed by atoms with van der Waals surface area (Å²) in [5, 5.41) is 8.62. The fourth-order valence-electron chi connectivity index (χ4n) is 2.58. The Morgan fingerprint density at radius 2 is 2.04 bits per heavy atom. The van der Waals surface area contributed by atoms with Crippen molar-refractivity contribution in [2.24, 2.45) is 10.2 Å². The molecule has 3 heterocycles. The Labute approximate surface area is 148 Å². The maximum Gasteiger partial charge on any atom is 0.337 e. The molecule has 1 aromatic carbocycles. The van der Waals surface area contributed by atoms with Crippen molar-refractivity contribution in [3.63, 3.8) is 0 Å². The number of carbonyl (C=O) groups is 1. The Balaban J connectivity index is 1.79. The summed E-state index contributed by atoms with van der Waals surface area (Å²) < 4.78 is 12.0. The maximum atomic E-state index is 11.7. The number of azo groups is 1. The van der Waals surface area contributed by atoms with Crippen LogP contribution in [0, 0.1) is 0 Å². The van der Waals surface area contributed by atoms with E-state index >= 15 is 0 Å². The van der Waals surface area contributed by atoms with E-state index in [9.17, 15) is 4.79 Å². The quantitative estimate of drug-likeness (QED) is 0.393. The van der Waals surface area contributed by atoms with Crippen molar-refractivity contribution in [1.82, 2.24) is 9.38 Å². The molecular weight excluding hydrogens is 332 g/mol. The van der Waals surface area contributed by atoms with Gasteiger partial charge in [-0.05, 0) is 42.5 Å². The van der Waals surface area contributed by atoms with Gasteiger partial charge in [-0.25, -0.2) is 9.78 Å². The van der Waals surface area contributed by atoms with Crippen molar-refractivity contribution >= 4 is 23.1 Å². The molecule has 0 spiro atoms. The van der Waals surface area contributed by atoms with Gasteiger partial charge in [0.2, 0.25) is 0 Å². The molecule has 0 saturated carbocycles. The average molecular weight is 346 g/mol. The van der Waals surface area contributed by atoms with E-state index in [0.717, 1.165) is 5.65 Å². The summed E-state index contributed by atoms with van der Waals surface area (Å²) in [5.41, 5.74) is 2.27. The Bertz CT molecular complexity index is 1100. The highest BCUT2D eigenvalue weighted by Gasteiger charge is 2.16. The normalized spacial score (nSPS) is 11.3. The molecule has 0 unspecified atom stereocenters. The number of imidazole rings is 1. The fraction of sp³-hybridized carbons (Fsp3) is 0.0526. The number of methoxy groups -OCH3 is 1. The van der Waals surface area contributed by atoms with Gasteiger partial charge in [-0.1, -0.05) is 12.1 Å². The minimum Gasteiger partial charge on any atom is -0.465 e. The lowest BCUT2D eigenvalue weighted by Crippen LogP contribution is -1.99. The van der Waals surface area contributed by atoms with Gasteiger partial charge >= 0.3 is 5.97 Å². The Kier molecular flexibility index (Phi) is 4.03. The van der Waals surface area contributed by atoms with Gasteiger partial charge in [0.15, 0.2) is 17.3 Å². The predicted molar refractivity (Wildman–Crippen MR) is 94.9 cm³/mol. The third-order valence-corrected chi connectivity index (χ3v) is 3.79. The first kappa shape index (κ1) is 15.8. The minimum absolute atomic E-state index is 0.411. The highest BCUT2D eigenvalue weighted by atomic mass is 16.5. The number of rotatable bonds is 4. The Hall–Kier alpha value is -3.74. The van der Waals surface area contributed by atoms with Gasteiger partial charge in [0.25, 0.3) is 0 Å². The zero-order valence-electron chi connectivity index (χ0n) is 13.9. The van der Waals surface area contributed by atoms with Crippen LogP contribution in [0.25, 0.3) is 17.1 Å². The van der Waals surface area contributed by atoms with Crippen molar-refractivity contribution in [3.05, 3.63) is 72.6 Å². The van der Waals surface area contributed by atoms with Crippen molar-refractivity contribution < 1.29 is 13.9 Å². The molecule has 0 radical (unpaired) electrons. The van der Waals surface area contributed by atoms with Crippen LogP contribution in [-0.2, 0) is 4.74 Å². The van der Waals surface area contributed by atoms with E-state index < -0.39 is 5.97 Å². The highest BCUT2D eigenvalue weighted by Crippen LogP contribution is 2.32. The van der Waals surface area contributed by atoms with Crippen molar-refractivity contribution in [3.8, 4) is 11.5 Å². The van der Waals surface area contributed by atoms with Crippen LogP contribution in [0.15, 0.2) is 81.7 Å². The number of esters is 1. The van der Waals surface area contributed by atoms with Gasteiger partial charge in [0, 0.05) is 6.20 Å². The lowest BCUT2D eigenvalue weighted by Gasteiger charge is -2.00. The molecule has 4 rings (SSSR count). The van der Waals surface area contributed by atoms with Crippen molar-refractivity contribution in [2.45, 2.75) is 0 Å². The summed E-state index contributed by atoms with van der Waals surface area (Å²) in [6.45, 7) is 0. The number of hydrogen-bond donors (Lipinski definition) is 0. The van der Waals surface area contributed by atoms with Crippen LogP contribution in [0.1, 0.15) is 10.4 Å². The first-order valence-electron chi connectivity index (χ1n) is 7.87. The number of hydrogen-bond acceptors (Lipinski definition) is 6. The summed E-state index contributed by atoms with van der Waals surface area (Å²) in [6.07, 6.45) is 3.44. The first-order chi connectivity index (χ1) is 12.8.